The molecule has 3 rings (SSSR count). The fourth-order valence-electron chi connectivity index (χ4n) is 3.06. The quantitative estimate of drug-likeness (QED) is 0.882. The van der Waals surface area contributed by atoms with Gasteiger partial charge in [-0.1, -0.05) is 11.6 Å². The summed E-state index contributed by atoms with van der Waals surface area (Å²) in [5.41, 5.74) is 5.61. The van der Waals surface area contributed by atoms with Crippen LogP contribution in [0.1, 0.15) is 36.2 Å². The first kappa shape index (κ1) is 16.6. The molecule has 0 saturated heterocycles. The van der Waals surface area contributed by atoms with Crippen LogP contribution in [0.5, 0.6) is 0 Å². The normalized spacial score (nSPS) is 20.7. The number of nitrogens with one attached hydrogen (secondary N) is 1. The van der Waals surface area contributed by atoms with Gasteiger partial charge in [0.15, 0.2) is 5.76 Å². The Morgan fingerprint density at radius 2 is 2.00 bits per heavy atom. The number of furan rings is 1. The van der Waals surface area contributed by atoms with Crippen molar-refractivity contribution in [3.8, 4) is 0 Å². The molecule has 1 aliphatic carbocycles. The molecule has 1 heterocycles. The van der Waals surface area contributed by atoms with Gasteiger partial charge in [-0.3, -0.25) is 4.79 Å². The van der Waals surface area contributed by atoms with Crippen LogP contribution < -0.4 is 11.1 Å². The Morgan fingerprint density at radius 3 is 2.71 bits per heavy atom. The maximum Gasteiger partial charge on any atom is 0.404 e. The highest BCUT2D eigenvalue weighted by Crippen LogP contribution is 2.26. The van der Waals surface area contributed by atoms with Gasteiger partial charge in [0, 0.05) is 16.5 Å². The van der Waals surface area contributed by atoms with E-state index in [0.29, 0.717) is 23.1 Å². The molecular weight excluding hydrogens is 332 g/mol. The Kier molecular flexibility index (Phi) is 4.94. The Hall–Kier alpha value is -2.21. The summed E-state index contributed by atoms with van der Waals surface area (Å²) in [6.07, 6.45) is 2.70. The number of hydrogen-bond acceptors (Lipinski definition) is 4. The van der Waals surface area contributed by atoms with E-state index in [1.54, 1.807) is 24.3 Å². The molecular formula is C17H19ClN2O4. The summed E-state index contributed by atoms with van der Waals surface area (Å²) in [6.45, 7) is 0.348. The zero-order valence-electron chi connectivity index (χ0n) is 13.1. The molecule has 1 aliphatic rings. The van der Waals surface area contributed by atoms with Crippen molar-refractivity contribution >= 4 is 34.6 Å². The number of halogens is 1. The summed E-state index contributed by atoms with van der Waals surface area (Å²) in [5, 5.41) is 4.41. The van der Waals surface area contributed by atoms with Gasteiger partial charge in [0.25, 0.3) is 5.91 Å². The Balaban J connectivity index is 1.54. The molecule has 6 nitrogen and oxygen atoms in total. The second-order valence-corrected chi connectivity index (χ2v) is 6.55. The third-order valence-electron chi connectivity index (χ3n) is 4.35. The number of rotatable bonds is 4. The summed E-state index contributed by atoms with van der Waals surface area (Å²) in [4.78, 5) is 23.0. The number of carbonyl (C=O) groups excluding carboxylic acids is 2. The van der Waals surface area contributed by atoms with Crippen LogP contribution in [-0.2, 0) is 4.74 Å². The number of hydrogen-bond donors (Lipinski definition) is 2. The van der Waals surface area contributed by atoms with Crippen molar-refractivity contribution < 1.29 is 18.7 Å². The van der Waals surface area contributed by atoms with E-state index in [0.717, 1.165) is 31.1 Å². The molecule has 0 aliphatic heterocycles. The van der Waals surface area contributed by atoms with E-state index in [9.17, 15) is 9.59 Å². The second-order valence-electron chi connectivity index (χ2n) is 6.11. The van der Waals surface area contributed by atoms with E-state index >= 15 is 0 Å². The smallest absolute Gasteiger partial charge is 0.404 e. The van der Waals surface area contributed by atoms with Crippen molar-refractivity contribution in [2.45, 2.75) is 31.7 Å². The molecule has 1 aromatic heterocycles. The van der Waals surface area contributed by atoms with Gasteiger partial charge in [-0.15, -0.1) is 0 Å². The number of benzene rings is 1. The summed E-state index contributed by atoms with van der Waals surface area (Å²) in [6, 6.07) is 7.03. The van der Waals surface area contributed by atoms with E-state index in [4.69, 9.17) is 26.5 Å². The first-order valence-corrected chi connectivity index (χ1v) is 8.31. The second kappa shape index (κ2) is 7.13. The maximum atomic E-state index is 12.3. The minimum absolute atomic E-state index is 0.0964. The standard InChI is InChI=1S/C17H19ClN2O4/c18-12-3-6-14-11(7-12)8-15(24-14)16(21)20-13-4-1-10(2-5-13)9-23-17(19)22/h3,6-8,10,13H,1-2,4-5,9H2,(H2,19,22)(H,20,21). The molecule has 2 aromatic rings. The van der Waals surface area contributed by atoms with Gasteiger partial charge in [0.2, 0.25) is 0 Å². The summed E-state index contributed by atoms with van der Waals surface area (Å²) < 4.78 is 10.4. The molecule has 0 spiro atoms. The lowest BCUT2D eigenvalue weighted by molar-refractivity contribution is 0.0880. The van der Waals surface area contributed by atoms with Crippen LogP contribution in [0.25, 0.3) is 11.0 Å². The van der Waals surface area contributed by atoms with E-state index in [1.165, 1.54) is 0 Å². The van der Waals surface area contributed by atoms with Crippen molar-refractivity contribution in [3.63, 3.8) is 0 Å². The van der Waals surface area contributed by atoms with Crippen LogP contribution in [0.2, 0.25) is 5.02 Å². The molecule has 1 fully saturated rings. The van der Waals surface area contributed by atoms with Crippen LogP contribution >= 0.6 is 11.6 Å². The molecule has 0 radical (unpaired) electrons. The Morgan fingerprint density at radius 1 is 1.25 bits per heavy atom. The summed E-state index contributed by atoms with van der Waals surface area (Å²) in [5.74, 6) is 0.365. The fourth-order valence-corrected chi connectivity index (χ4v) is 3.24. The molecule has 1 aromatic carbocycles. The average Bonchev–Trinajstić information content (AvgIpc) is 2.97. The number of carbonyl (C=O) groups is 2. The Bertz CT molecular complexity index is 750. The first-order valence-electron chi connectivity index (χ1n) is 7.93. The highest BCUT2D eigenvalue weighted by atomic mass is 35.5. The topological polar surface area (TPSA) is 94.6 Å². The minimum atomic E-state index is -0.740. The van der Waals surface area contributed by atoms with Crippen LogP contribution in [-0.4, -0.2) is 24.6 Å². The zero-order valence-corrected chi connectivity index (χ0v) is 13.8. The molecule has 0 bridgehead atoms. The first-order chi connectivity index (χ1) is 11.5. The number of primary amides is 1. The molecule has 2 amide bonds. The van der Waals surface area contributed by atoms with Gasteiger partial charge in [0.05, 0.1) is 6.61 Å². The summed E-state index contributed by atoms with van der Waals surface area (Å²) in [7, 11) is 0. The van der Waals surface area contributed by atoms with E-state index < -0.39 is 6.09 Å². The molecule has 128 valence electrons. The van der Waals surface area contributed by atoms with Gasteiger partial charge in [-0.25, -0.2) is 4.79 Å². The van der Waals surface area contributed by atoms with E-state index in [1.807, 2.05) is 0 Å². The van der Waals surface area contributed by atoms with Crippen LogP contribution in [0.4, 0.5) is 4.79 Å². The molecule has 1 saturated carbocycles. The predicted molar refractivity (Wildman–Crippen MR) is 90.0 cm³/mol. The van der Waals surface area contributed by atoms with E-state index in [2.05, 4.69) is 5.32 Å². The highest BCUT2D eigenvalue weighted by Gasteiger charge is 2.24. The van der Waals surface area contributed by atoms with Crippen LogP contribution in [0.3, 0.4) is 0 Å². The third-order valence-corrected chi connectivity index (χ3v) is 4.58. The van der Waals surface area contributed by atoms with Gasteiger partial charge in [-0.2, -0.15) is 0 Å². The van der Waals surface area contributed by atoms with Gasteiger partial charge in [-0.05, 0) is 55.9 Å². The molecule has 0 unspecified atom stereocenters. The predicted octanol–water partition coefficient (Wildman–Crippen LogP) is 3.47. The SMILES string of the molecule is NC(=O)OCC1CCC(NC(=O)c2cc3cc(Cl)ccc3o2)CC1. The maximum absolute atomic E-state index is 12.3. The zero-order chi connectivity index (χ0) is 17.1. The Labute approximate surface area is 144 Å². The van der Waals surface area contributed by atoms with Gasteiger partial charge < -0.3 is 20.2 Å². The van der Waals surface area contributed by atoms with Crippen LogP contribution in [0, 0.1) is 5.92 Å². The number of amides is 2. The molecule has 3 N–H and O–H groups in total. The lowest BCUT2D eigenvalue weighted by Crippen LogP contribution is -2.38. The highest BCUT2D eigenvalue weighted by molar-refractivity contribution is 6.31. The largest absolute Gasteiger partial charge is 0.451 e. The van der Waals surface area contributed by atoms with Crippen LogP contribution in [0.15, 0.2) is 28.7 Å². The average molecular weight is 351 g/mol. The molecule has 7 heteroatoms. The van der Waals surface area contributed by atoms with Crippen molar-refractivity contribution in [1.82, 2.24) is 5.32 Å². The molecule has 0 atom stereocenters. The van der Waals surface area contributed by atoms with Crippen molar-refractivity contribution in [1.29, 1.82) is 0 Å². The monoisotopic (exact) mass is 350 g/mol. The fraction of sp³-hybridized carbons (Fsp3) is 0.412. The summed E-state index contributed by atoms with van der Waals surface area (Å²) >= 11 is 5.94. The number of fused-ring (bicyclic) bond motifs is 1. The minimum Gasteiger partial charge on any atom is -0.451 e. The van der Waals surface area contributed by atoms with Crippen molar-refractivity contribution in [2.75, 3.05) is 6.61 Å². The number of ether oxygens (including phenoxy) is 1. The van der Waals surface area contributed by atoms with E-state index in [-0.39, 0.29) is 17.7 Å². The lowest BCUT2D eigenvalue weighted by Gasteiger charge is -2.28. The van der Waals surface area contributed by atoms with Gasteiger partial charge in [0.1, 0.15) is 5.58 Å². The van der Waals surface area contributed by atoms with Crippen molar-refractivity contribution in [2.24, 2.45) is 11.7 Å². The van der Waals surface area contributed by atoms with Gasteiger partial charge >= 0.3 is 6.09 Å². The number of nitrogens with two attached hydrogens (primary N) is 1. The lowest BCUT2D eigenvalue weighted by atomic mass is 9.86. The molecule has 24 heavy (non-hydrogen) atoms. The van der Waals surface area contributed by atoms with Crippen molar-refractivity contribution in [3.05, 3.63) is 35.0 Å². The third kappa shape index (κ3) is 4.00.